The Bertz CT molecular complexity index is 2400. The number of aromatic nitrogens is 1. The van der Waals surface area contributed by atoms with E-state index >= 15 is 0 Å². The molecule has 3 heterocycles. The highest BCUT2D eigenvalue weighted by Crippen LogP contribution is 2.41. The summed E-state index contributed by atoms with van der Waals surface area (Å²) >= 11 is 12.2. The minimum Gasteiger partial charge on any atom is -0.489 e. The van der Waals surface area contributed by atoms with E-state index in [-0.39, 0.29) is 26.0 Å². The number of nitrogens with one attached hydrogen (secondary N) is 1. The van der Waals surface area contributed by atoms with Crippen LogP contribution in [-0.4, -0.2) is 59.3 Å². The smallest absolute Gasteiger partial charge is 0.411 e. The van der Waals surface area contributed by atoms with Gasteiger partial charge in [0.25, 0.3) is 0 Å². The fourth-order valence-electron chi connectivity index (χ4n) is 7.25. The standard InChI is InChI=1S/C47H47Cl2N3O8/c1-27-28(2)50-18-17-36(27)31-10-7-29(8-11-31)20-39(45(54)56-6)51-44(53)40-21-33-22-41-42(23-34(33)24-52(40)46(55)60-47(3,4)5)59-43(26-58-41)32-12-14-35(15-13-32)57-25-30-9-16-37(48)38(49)19-30/h7-19,22-23,39-40,43H,20-21,24-26H2,1-6H3,(H,51,53)/t39-,40-,43+/m0/s1. The maximum atomic E-state index is 14.2. The zero-order valence-corrected chi connectivity index (χ0v) is 35.9. The summed E-state index contributed by atoms with van der Waals surface area (Å²) in [4.78, 5) is 46.9. The van der Waals surface area contributed by atoms with Gasteiger partial charge in [0.05, 0.1) is 23.7 Å². The lowest BCUT2D eigenvalue weighted by Gasteiger charge is -2.38. The van der Waals surface area contributed by atoms with Crippen molar-refractivity contribution in [3.63, 3.8) is 0 Å². The largest absolute Gasteiger partial charge is 0.489 e. The maximum absolute atomic E-state index is 14.2. The molecule has 7 rings (SSSR count). The second-order valence-corrected chi connectivity index (χ2v) is 16.8. The van der Waals surface area contributed by atoms with Gasteiger partial charge in [0.15, 0.2) is 17.6 Å². The fourth-order valence-corrected chi connectivity index (χ4v) is 7.57. The number of aryl methyl sites for hydroxylation is 1. The number of amides is 2. The maximum Gasteiger partial charge on any atom is 0.411 e. The lowest BCUT2D eigenvalue weighted by Crippen LogP contribution is -2.56. The highest BCUT2D eigenvalue weighted by Gasteiger charge is 2.40. The first-order valence-corrected chi connectivity index (χ1v) is 20.4. The number of benzene rings is 4. The van der Waals surface area contributed by atoms with Crippen molar-refractivity contribution in [3.05, 3.63) is 140 Å². The van der Waals surface area contributed by atoms with E-state index in [0.29, 0.717) is 33.9 Å². The summed E-state index contributed by atoms with van der Waals surface area (Å²) in [5, 5.41) is 3.85. The highest BCUT2D eigenvalue weighted by atomic mass is 35.5. The summed E-state index contributed by atoms with van der Waals surface area (Å²) in [6.07, 6.45) is 1.05. The molecule has 3 atom stereocenters. The molecular weight excluding hydrogens is 805 g/mol. The number of halogens is 2. The van der Waals surface area contributed by atoms with Crippen LogP contribution in [-0.2, 0) is 45.1 Å². The molecule has 13 heteroatoms. The van der Waals surface area contributed by atoms with E-state index in [9.17, 15) is 14.4 Å². The van der Waals surface area contributed by atoms with E-state index in [0.717, 1.165) is 50.2 Å². The average Bonchev–Trinajstić information content (AvgIpc) is 3.23. The van der Waals surface area contributed by atoms with Crippen molar-refractivity contribution in [2.24, 2.45) is 0 Å². The molecule has 1 N–H and O–H groups in total. The van der Waals surface area contributed by atoms with E-state index in [1.54, 1.807) is 39.1 Å². The van der Waals surface area contributed by atoms with Gasteiger partial charge in [-0.3, -0.25) is 14.7 Å². The van der Waals surface area contributed by atoms with Crippen LogP contribution >= 0.6 is 23.2 Å². The van der Waals surface area contributed by atoms with Crippen molar-refractivity contribution in [1.82, 2.24) is 15.2 Å². The quantitative estimate of drug-likeness (QED) is 0.137. The average molecular weight is 853 g/mol. The van der Waals surface area contributed by atoms with Crippen molar-refractivity contribution in [2.45, 2.75) is 84.4 Å². The van der Waals surface area contributed by atoms with Gasteiger partial charge in [-0.1, -0.05) is 65.7 Å². The number of ether oxygens (including phenoxy) is 5. The van der Waals surface area contributed by atoms with Crippen LogP contribution < -0.4 is 19.5 Å². The Morgan fingerprint density at radius 2 is 1.62 bits per heavy atom. The highest BCUT2D eigenvalue weighted by molar-refractivity contribution is 6.42. The number of fused-ring (bicyclic) bond motifs is 2. The van der Waals surface area contributed by atoms with E-state index in [4.69, 9.17) is 46.9 Å². The molecule has 4 aromatic carbocycles. The van der Waals surface area contributed by atoms with Crippen molar-refractivity contribution in [3.8, 4) is 28.4 Å². The van der Waals surface area contributed by atoms with Crippen LogP contribution in [0.5, 0.6) is 17.2 Å². The van der Waals surface area contributed by atoms with Gasteiger partial charge in [0.1, 0.15) is 36.6 Å². The molecule has 0 fully saturated rings. The topological polar surface area (TPSA) is 126 Å². The van der Waals surface area contributed by atoms with Gasteiger partial charge in [0.2, 0.25) is 5.91 Å². The zero-order chi connectivity index (χ0) is 42.7. The van der Waals surface area contributed by atoms with Crippen molar-refractivity contribution in [1.29, 1.82) is 0 Å². The SMILES string of the molecule is COC(=O)[C@H](Cc1ccc(-c2ccnc(C)c2C)cc1)NC(=O)[C@@H]1Cc2cc3c(cc2CN1C(=O)OC(C)(C)C)O[C@@H](c1ccc(OCc2ccc(Cl)c(Cl)c2)cc1)CO3. The number of methoxy groups -OCH3 is 1. The van der Waals surface area contributed by atoms with E-state index in [1.165, 1.54) is 12.0 Å². The van der Waals surface area contributed by atoms with Crippen LogP contribution in [0.3, 0.4) is 0 Å². The third-order valence-electron chi connectivity index (χ3n) is 10.6. The first-order valence-electron chi connectivity index (χ1n) is 19.7. The molecular formula is C47H47Cl2N3O8. The molecule has 2 aliphatic heterocycles. The molecule has 0 saturated carbocycles. The summed E-state index contributed by atoms with van der Waals surface area (Å²) in [7, 11) is 1.28. The zero-order valence-electron chi connectivity index (χ0n) is 34.3. The van der Waals surface area contributed by atoms with Crippen molar-refractivity contribution in [2.75, 3.05) is 13.7 Å². The number of hydrogen-bond donors (Lipinski definition) is 1. The molecule has 2 aliphatic rings. The van der Waals surface area contributed by atoms with Crippen LogP contribution in [0.25, 0.3) is 11.1 Å². The summed E-state index contributed by atoms with van der Waals surface area (Å²) < 4.78 is 29.5. The molecule has 312 valence electrons. The Balaban J connectivity index is 1.06. The third kappa shape index (κ3) is 9.80. The number of pyridine rings is 1. The van der Waals surface area contributed by atoms with Gasteiger partial charge in [-0.2, -0.15) is 0 Å². The minimum atomic E-state index is -1.01. The summed E-state index contributed by atoms with van der Waals surface area (Å²) in [6.45, 7) is 9.95. The number of rotatable bonds is 10. The molecule has 0 spiro atoms. The molecule has 0 radical (unpaired) electrons. The monoisotopic (exact) mass is 851 g/mol. The summed E-state index contributed by atoms with van der Waals surface area (Å²) in [5.74, 6) is 0.608. The first kappa shape index (κ1) is 42.3. The normalized spacial score (nSPS) is 16.3. The molecule has 60 heavy (non-hydrogen) atoms. The Morgan fingerprint density at radius 1 is 0.900 bits per heavy atom. The lowest BCUT2D eigenvalue weighted by molar-refractivity contribution is -0.145. The fraction of sp³-hybridized carbons (Fsp3) is 0.319. The Hall–Kier alpha value is -5.78. The third-order valence-corrected chi connectivity index (χ3v) is 11.3. The van der Waals surface area contributed by atoms with E-state index in [2.05, 4.69) is 10.3 Å². The predicted molar refractivity (Wildman–Crippen MR) is 229 cm³/mol. The minimum absolute atomic E-state index is 0.0623. The van der Waals surface area contributed by atoms with Crippen molar-refractivity contribution >= 4 is 41.2 Å². The summed E-state index contributed by atoms with van der Waals surface area (Å²) in [5.41, 5.74) is 7.50. The second-order valence-electron chi connectivity index (χ2n) is 16.0. The number of esters is 1. The van der Waals surface area contributed by atoms with Crippen LogP contribution in [0.4, 0.5) is 4.79 Å². The molecule has 5 aromatic rings. The number of carbonyl (C=O) groups excluding carboxylic acids is 3. The van der Waals surface area contributed by atoms with Gasteiger partial charge >= 0.3 is 12.1 Å². The van der Waals surface area contributed by atoms with Crippen molar-refractivity contribution < 1.29 is 38.1 Å². The Labute approximate surface area is 359 Å². The number of carbonyl (C=O) groups is 3. The van der Waals surface area contributed by atoms with Crippen LogP contribution in [0, 0.1) is 13.8 Å². The first-order chi connectivity index (χ1) is 28.6. The summed E-state index contributed by atoms with van der Waals surface area (Å²) in [6, 6.07) is 24.5. The van der Waals surface area contributed by atoms with Gasteiger partial charge in [-0.15, -0.1) is 0 Å². The molecule has 0 unspecified atom stereocenters. The molecule has 11 nitrogen and oxygen atoms in total. The number of hydrogen-bond acceptors (Lipinski definition) is 9. The van der Waals surface area contributed by atoms with Crippen LogP contribution in [0.1, 0.15) is 65.9 Å². The van der Waals surface area contributed by atoms with E-state index in [1.807, 2.05) is 86.6 Å². The number of nitrogens with zero attached hydrogens (tertiary/aromatic N) is 2. The molecule has 1 aromatic heterocycles. The van der Waals surface area contributed by atoms with Gasteiger partial charge in [-0.05, 0) is 122 Å². The molecule has 0 saturated heterocycles. The predicted octanol–water partition coefficient (Wildman–Crippen LogP) is 9.33. The van der Waals surface area contributed by atoms with Crippen LogP contribution in [0.2, 0.25) is 10.0 Å². The Kier molecular flexibility index (Phi) is 12.6. The second kappa shape index (κ2) is 17.8. The van der Waals surface area contributed by atoms with E-state index < -0.39 is 41.8 Å². The Morgan fingerprint density at radius 3 is 2.32 bits per heavy atom. The molecule has 2 amide bonds. The van der Waals surface area contributed by atoms with Crippen LogP contribution in [0.15, 0.2) is 91.1 Å². The van der Waals surface area contributed by atoms with Gasteiger partial charge in [-0.25, -0.2) is 9.59 Å². The van der Waals surface area contributed by atoms with Gasteiger partial charge in [0, 0.05) is 24.7 Å². The molecule has 0 aliphatic carbocycles. The van der Waals surface area contributed by atoms with Gasteiger partial charge < -0.3 is 29.0 Å². The molecule has 0 bridgehead atoms. The lowest BCUT2D eigenvalue weighted by atomic mass is 9.92.